The smallest absolute Gasteiger partial charge is 0.147 e. The van der Waals surface area contributed by atoms with Crippen molar-refractivity contribution in [1.82, 2.24) is 10.3 Å². The monoisotopic (exact) mass is 212 g/mol. The molecular formula is C11H14F2N2. The van der Waals surface area contributed by atoms with Crippen molar-refractivity contribution in [3.63, 3.8) is 0 Å². The molecule has 2 heterocycles. The van der Waals surface area contributed by atoms with E-state index in [0.29, 0.717) is 12.3 Å². The van der Waals surface area contributed by atoms with Crippen LogP contribution in [0.15, 0.2) is 12.4 Å². The first-order valence-corrected chi connectivity index (χ1v) is 5.26. The van der Waals surface area contributed by atoms with Gasteiger partial charge in [0.1, 0.15) is 11.6 Å². The van der Waals surface area contributed by atoms with E-state index >= 15 is 0 Å². The minimum atomic E-state index is -0.527. The lowest BCUT2D eigenvalue weighted by Gasteiger charge is -2.22. The second-order valence-electron chi connectivity index (χ2n) is 4.00. The summed E-state index contributed by atoms with van der Waals surface area (Å²) in [4.78, 5) is 3.47. The summed E-state index contributed by atoms with van der Waals surface area (Å²) in [5, 5.41) is 3.23. The summed E-state index contributed by atoms with van der Waals surface area (Å²) in [5.74, 6) is -0.716. The lowest BCUT2D eigenvalue weighted by atomic mass is 9.92. The molecule has 1 saturated heterocycles. The Balaban J connectivity index is 2.09. The molecule has 1 atom stereocenters. The summed E-state index contributed by atoms with van der Waals surface area (Å²) in [6, 6.07) is 0. The van der Waals surface area contributed by atoms with Crippen LogP contribution in [0.5, 0.6) is 0 Å². The van der Waals surface area contributed by atoms with Gasteiger partial charge in [0.05, 0.1) is 12.4 Å². The normalized spacial score (nSPS) is 21.6. The van der Waals surface area contributed by atoms with Gasteiger partial charge in [0.2, 0.25) is 0 Å². The molecule has 1 aromatic rings. The van der Waals surface area contributed by atoms with E-state index in [4.69, 9.17) is 0 Å². The van der Waals surface area contributed by atoms with Gasteiger partial charge in [0, 0.05) is 5.56 Å². The Hall–Kier alpha value is -1.03. The standard InChI is InChI=1S/C11H14F2N2/c12-10-6-15-7-11(13)9(10)4-8-2-1-3-14-5-8/h6-8,14H,1-5H2. The number of halogens is 2. The van der Waals surface area contributed by atoms with Crippen LogP contribution in [-0.2, 0) is 6.42 Å². The van der Waals surface area contributed by atoms with Crippen LogP contribution in [0.4, 0.5) is 8.78 Å². The van der Waals surface area contributed by atoms with E-state index in [1.54, 1.807) is 0 Å². The largest absolute Gasteiger partial charge is 0.316 e. The highest BCUT2D eigenvalue weighted by molar-refractivity contribution is 5.16. The molecule has 0 aliphatic carbocycles. The first-order chi connectivity index (χ1) is 7.27. The Morgan fingerprint density at radius 3 is 2.67 bits per heavy atom. The minimum absolute atomic E-state index is 0.179. The highest BCUT2D eigenvalue weighted by Crippen LogP contribution is 2.19. The van der Waals surface area contributed by atoms with Crippen molar-refractivity contribution in [3.8, 4) is 0 Å². The maximum atomic E-state index is 13.3. The summed E-state index contributed by atoms with van der Waals surface area (Å²) in [5.41, 5.74) is 0.179. The first kappa shape index (κ1) is 10.5. The number of hydrogen-bond acceptors (Lipinski definition) is 2. The fraction of sp³-hybridized carbons (Fsp3) is 0.545. The maximum Gasteiger partial charge on any atom is 0.147 e. The quantitative estimate of drug-likeness (QED) is 0.810. The summed E-state index contributed by atoms with van der Waals surface area (Å²) < 4.78 is 26.6. The summed E-state index contributed by atoms with van der Waals surface area (Å²) in [6.07, 6.45) is 4.74. The van der Waals surface area contributed by atoms with Gasteiger partial charge in [-0.1, -0.05) is 0 Å². The Morgan fingerprint density at radius 1 is 1.33 bits per heavy atom. The van der Waals surface area contributed by atoms with Crippen molar-refractivity contribution in [2.45, 2.75) is 19.3 Å². The SMILES string of the molecule is Fc1cncc(F)c1CC1CCCNC1. The highest BCUT2D eigenvalue weighted by Gasteiger charge is 2.18. The van der Waals surface area contributed by atoms with Crippen molar-refractivity contribution >= 4 is 0 Å². The third-order valence-electron chi connectivity index (χ3n) is 2.84. The molecule has 1 aromatic heterocycles. The fourth-order valence-corrected chi connectivity index (χ4v) is 2.02. The molecule has 1 aliphatic rings. The van der Waals surface area contributed by atoms with Crippen molar-refractivity contribution in [2.75, 3.05) is 13.1 Å². The van der Waals surface area contributed by atoms with Gasteiger partial charge < -0.3 is 5.32 Å². The lowest BCUT2D eigenvalue weighted by Crippen LogP contribution is -2.31. The molecule has 0 aromatic carbocycles. The van der Waals surface area contributed by atoms with Gasteiger partial charge in [0.25, 0.3) is 0 Å². The van der Waals surface area contributed by atoms with Crippen LogP contribution in [0.1, 0.15) is 18.4 Å². The van der Waals surface area contributed by atoms with Crippen molar-refractivity contribution < 1.29 is 8.78 Å². The molecule has 0 amide bonds. The zero-order valence-corrected chi connectivity index (χ0v) is 8.47. The number of nitrogens with one attached hydrogen (secondary N) is 1. The molecule has 0 bridgehead atoms. The molecule has 1 aliphatic heterocycles. The van der Waals surface area contributed by atoms with E-state index in [-0.39, 0.29) is 5.56 Å². The molecule has 1 N–H and O–H groups in total. The van der Waals surface area contributed by atoms with Crippen molar-refractivity contribution in [1.29, 1.82) is 0 Å². The number of nitrogens with zero attached hydrogens (tertiary/aromatic N) is 1. The number of pyridine rings is 1. The summed E-state index contributed by atoms with van der Waals surface area (Å²) >= 11 is 0. The van der Waals surface area contributed by atoms with E-state index in [9.17, 15) is 8.78 Å². The average Bonchev–Trinajstić information content (AvgIpc) is 2.25. The van der Waals surface area contributed by atoms with Gasteiger partial charge in [-0.25, -0.2) is 8.78 Å². The molecule has 15 heavy (non-hydrogen) atoms. The molecule has 0 spiro atoms. The summed E-state index contributed by atoms with van der Waals surface area (Å²) in [7, 11) is 0. The van der Waals surface area contributed by atoms with Gasteiger partial charge in [-0.2, -0.15) is 0 Å². The predicted molar refractivity (Wildman–Crippen MR) is 53.5 cm³/mol. The Bertz CT molecular complexity index is 315. The number of hydrogen-bond donors (Lipinski definition) is 1. The zero-order chi connectivity index (χ0) is 10.7. The predicted octanol–water partition coefficient (Wildman–Crippen LogP) is 1.90. The van der Waals surface area contributed by atoms with Crippen LogP contribution in [0.25, 0.3) is 0 Å². The van der Waals surface area contributed by atoms with Gasteiger partial charge in [-0.3, -0.25) is 4.98 Å². The summed E-state index contributed by atoms with van der Waals surface area (Å²) in [6.45, 7) is 1.86. The average molecular weight is 212 g/mol. The molecule has 1 fully saturated rings. The van der Waals surface area contributed by atoms with Crippen LogP contribution in [0.3, 0.4) is 0 Å². The van der Waals surface area contributed by atoms with Gasteiger partial charge >= 0.3 is 0 Å². The third-order valence-corrected chi connectivity index (χ3v) is 2.84. The van der Waals surface area contributed by atoms with E-state index in [2.05, 4.69) is 10.3 Å². The lowest BCUT2D eigenvalue weighted by molar-refractivity contribution is 0.366. The number of piperidine rings is 1. The molecule has 0 saturated carbocycles. The van der Waals surface area contributed by atoms with Crippen LogP contribution in [0.2, 0.25) is 0 Å². The van der Waals surface area contributed by atoms with Gasteiger partial charge in [-0.15, -0.1) is 0 Å². The van der Waals surface area contributed by atoms with Gasteiger partial charge in [0.15, 0.2) is 0 Å². The van der Waals surface area contributed by atoms with Crippen LogP contribution in [-0.4, -0.2) is 18.1 Å². The molecule has 2 rings (SSSR count). The van der Waals surface area contributed by atoms with Crippen molar-refractivity contribution in [3.05, 3.63) is 29.6 Å². The second-order valence-corrected chi connectivity index (χ2v) is 4.00. The highest BCUT2D eigenvalue weighted by atomic mass is 19.1. The topological polar surface area (TPSA) is 24.9 Å². The Kier molecular flexibility index (Phi) is 3.26. The van der Waals surface area contributed by atoms with Crippen LogP contribution < -0.4 is 5.32 Å². The fourth-order valence-electron chi connectivity index (χ4n) is 2.02. The molecule has 4 heteroatoms. The first-order valence-electron chi connectivity index (χ1n) is 5.26. The molecule has 0 radical (unpaired) electrons. The van der Waals surface area contributed by atoms with E-state index in [0.717, 1.165) is 38.3 Å². The van der Waals surface area contributed by atoms with E-state index in [1.165, 1.54) is 0 Å². The van der Waals surface area contributed by atoms with E-state index < -0.39 is 11.6 Å². The molecule has 1 unspecified atom stereocenters. The van der Waals surface area contributed by atoms with Crippen LogP contribution in [0, 0.1) is 17.6 Å². The Morgan fingerprint density at radius 2 is 2.07 bits per heavy atom. The molecule has 82 valence electrons. The number of aromatic nitrogens is 1. The van der Waals surface area contributed by atoms with Gasteiger partial charge in [-0.05, 0) is 38.3 Å². The number of rotatable bonds is 2. The van der Waals surface area contributed by atoms with Crippen LogP contribution >= 0.6 is 0 Å². The Labute approximate surface area is 87.7 Å². The second kappa shape index (κ2) is 4.66. The third kappa shape index (κ3) is 2.50. The minimum Gasteiger partial charge on any atom is -0.316 e. The maximum absolute atomic E-state index is 13.3. The van der Waals surface area contributed by atoms with Crippen molar-refractivity contribution in [2.24, 2.45) is 5.92 Å². The zero-order valence-electron chi connectivity index (χ0n) is 8.47. The van der Waals surface area contributed by atoms with E-state index in [1.807, 2.05) is 0 Å². The molecule has 2 nitrogen and oxygen atoms in total. The molecular weight excluding hydrogens is 198 g/mol.